The smallest absolute Gasteiger partial charge is 0.338 e. The lowest BCUT2D eigenvalue weighted by atomic mass is 10.1. The summed E-state index contributed by atoms with van der Waals surface area (Å²) in [6.45, 7) is 5.52. The van der Waals surface area contributed by atoms with E-state index < -0.39 is 11.9 Å². The fourth-order valence-electron chi connectivity index (χ4n) is 1.02. The highest BCUT2D eigenvalue weighted by Gasteiger charge is 2.08. The van der Waals surface area contributed by atoms with Gasteiger partial charge in [-0.3, -0.25) is 0 Å². The molecule has 1 aromatic carbocycles. The molecule has 0 spiro atoms. The van der Waals surface area contributed by atoms with Gasteiger partial charge in [-0.25, -0.2) is 9.59 Å². The van der Waals surface area contributed by atoms with Gasteiger partial charge in [0.1, 0.15) is 6.61 Å². The molecule has 84 valence electrons. The molecule has 0 heterocycles. The van der Waals surface area contributed by atoms with Crippen LogP contribution in [0.25, 0.3) is 0 Å². The second kappa shape index (κ2) is 5.11. The predicted molar refractivity (Wildman–Crippen MR) is 58.5 cm³/mol. The molecule has 1 aromatic rings. The maximum Gasteiger partial charge on any atom is 0.338 e. The molecule has 0 atom stereocenters. The molecule has 0 unspecified atom stereocenters. The molecule has 0 aliphatic rings. The number of benzene rings is 1. The van der Waals surface area contributed by atoms with Crippen LogP contribution in [-0.4, -0.2) is 23.7 Å². The largest absolute Gasteiger partial charge is 0.478 e. The maximum atomic E-state index is 11.4. The fraction of sp³-hybridized carbons (Fsp3) is 0.167. The van der Waals surface area contributed by atoms with E-state index in [0.717, 1.165) is 5.57 Å². The van der Waals surface area contributed by atoms with Crippen LogP contribution in [0.5, 0.6) is 0 Å². The second-order valence-corrected chi connectivity index (χ2v) is 3.42. The van der Waals surface area contributed by atoms with Gasteiger partial charge in [-0.2, -0.15) is 0 Å². The van der Waals surface area contributed by atoms with Crippen LogP contribution < -0.4 is 0 Å². The molecule has 0 aliphatic carbocycles. The molecule has 0 bridgehead atoms. The van der Waals surface area contributed by atoms with Gasteiger partial charge in [0.05, 0.1) is 11.1 Å². The van der Waals surface area contributed by atoms with Crippen molar-refractivity contribution in [1.29, 1.82) is 0 Å². The zero-order valence-corrected chi connectivity index (χ0v) is 8.90. The Hall–Kier alpha value is -2.10. The van der Waals surface area contributed by atoms with Gasteiger partial charge in [0.2, 0.25) is 0 Å². The molecular formula is C12H12O4. The van der Waals surface area contributed by atoms with Crippen LogP contribution >= 0.6 is 0 Å². The van der Waals surface area contributed by atoms with Gasteiger partial charge in [-0.1, -0.05) is 6.58 Å². The quantitative estimate of drug-likeness (QED) is 0.623. The lowest BCUT2D eigenvalue weighted by Gasteiger charge is -2.04. The normalized spacial score (nSPS) is 9.56. The number of carboxylic acid groups (broad SMARTS) is 1. The van der Waals surface area contributed by atoms with Crippen LogP contribution in [0.2, 0.25) is 0 Å². The molecule has 0 amide bonds. The first kappa shape index (κ1) is 12.0. The average Bonchev–Trinajstić information content (AvgIpc) is 2.26. The molecule has 0 saturated carbocycles. The van der Waals surface area contributed by atoms with Crippen LogP contribution in [0.4, 0.5) is 0 Å². The van der Waals surface area contributed by atoms with Crippen LogP contribution in [0.1, 0.15) is 27.6 Å². The summed E-state index contributed by atoms with van der Waals surface area (Å²) in [4.78, 5) is 22.0. The lowest BCUT2D eigenvalue weighted by Crippen LogP contribution is -2.07. The van der Waals surface area contributed by atoms with Crippen LogP contribution in [0, 0.1) is 0 Å². The molecular weight excluding hydrogens is 208 g/mol. The Morgan fingerprint density at radius 1 is 1.25 bits per heavy atom. The molecule has 16 heavy (non-hydrogen) atoms. The summed E-state index contributed by atoms with van der Waals surface area (Å²) < 4.78 is 4.90. The zero-order chi connectivity index (χ0) is 12.1. The number of carboxylic acids is 1. The third-order valence-electron chi connectivity index (χ3n) is 1.82. The first-order chi connectivity index (χ1) is 7.50. The number of aromatic carboxylic acids is 1. The van der Waals surface area contributed by atoms with Crippen molar-refractivity contribution in [3.63, 3.8) is 0 Å². The van der Waals surface area contributed by atoms with E-state index in [2.05, 4.69) is 6.58 Å². The average molecular weight is 220 g/mol. The molecule has 1 N–H and O–H groups in total. The Labute approximate surface area is 93.2 Å². The highest BCUT2D eigenvalue weighted by Crippen LogP contribution is 2.06. The van der Waals surface area contributed by atoms with E-state index in [4.69, 9.17) is 9.84 Å². The van der Waals surface area contributed by atoms with Crippen molar-refractivity contribution in [2.75, 3.05) is 6.61 Å². The Kier molecular flexibility index (Phi) is 3.83. The standard InChI is InChI=1S/C12H12O4/c1-8(2)7-16-12(15)10-5-3-9(4-6-10)11(13)14/h3-6H,1,7H2,2H3,(H,13,14). The van der Waals surface area contributed by atoms with E-state index in [1.54, 1.807) is 6.92 Å². The number of carbonyl (C=O) groups is 2. The third kappa shape index (κ3) is 3.24. The minimum absolute atomic E-state index is 0.136. The summed E-state index contributed by atoms with van der Waals surface area (Å²) in [7, 11) is 0. The van der Waals surface area contributed by atoms with E-state index in [-0.39, 0.29) is 12.2 Å². The number of ether oxygens (including phenoxy) is 1. The Balaban J connectivity index is 2.70. The Morgan fingerprint density at radius 2 is 1.75 bits per heavy atom. The first-order valence-electron chi connectivity index (χ1n) is 4.65. The topological polar surface area (TPSA) is 63.6 Å². The summed E-state index contributed by atoms with van der Waals surface area (Å²) in [6, 6.07) is 5.56. The summed E-state index contributed by atoms with van der Waals surface area (Å²) in [6.07, 6.45) is 0. The molecule has 1 rings (SSSR count). The minimum atomic E-state index is -1.03. The van der Waals surface area contributed by atoms with Gasteiger partial charge < -0.3 is 9.84 Å². The summed E-state index contributed by atoms with van der Waals surface area (Å²) in [5.74, 6) is -1.51. The van der Waals surface area contributed by atoms with Crippen molar-refractivity contribution in [2.24, 2.45) is 0 Å². The van der Waals surface area contributed by atoms with Gasteiger partial charge in [-0.15, -0.1) is 0 Å². The number of rotatable bonds is 4. The van der Waals surface area contributed by atoms with Crippen LogP contribution in [0.3, 0.4) is 0 Å². The molecule has 0 aromatic heterocycles. The van der Waals surface area contributed by atoms with E-state index in [0.29, 0.717) is 5.56 Å². The van der Waals surface area contributed by atoms with Crippen molar-refractivity contribution in [3.05, 3.63) is 47.5 Å². The molecule has 4 nitrogen and oxygen atoms in total. The van der Waals surface area contributed by atoms with Gasteiger partial charge >= 0.3 is 11.9 Å². The Bertz CT molecular complexity index is 417. The summed E-state index contributed by atoms with van der Waals surface area (Å²) in [5.41, 5.74) is 1.21. The SMILES string of the molecule is C=C(C)COC(=O)c1ccc(C(=O)O)cc1. The Morgan fingerprint density at radius 3 is 2.19 bits per heavy atom. The number of hydrogen-bond donors (Lipinski definition) is 1. The second-order valence-electron chi connectivity index (χ2n) is 3.42. The number of carbonyl (C=O) groups excluding carboxylic acids is 1. The van der Waals surface area contributed by atoms with Crippen LogP contribution in [-0.2, 0) is 4.74 Å². The van der Waals surface area contributed by atoms with E-state index in [1.165, 1.54) is 24.3 Å². The highest BCUT2D eigenvalue weighted by atomic mass is 16.5. The van der Waals surface area contributed by atoms with Crippen molar-refractivity contribution in [1.82, 2.24) is 0 Å². The van der Waals surface area contributed by atoms with Crippen molar-refractivity contribution < 1.29 is 19.4 Å². The number of hydrogen-bond acceptors (Lipinski definition) is 3. The highest BCUT2D eigenvalue weighted by molar-refractivity contribution is 5.92. The van der Waals surface area contributed by atoms with E-state index >= 15 is 0 Å². The molecule has 4 heteroatoms. The number of esters is 1. The molecule has 0 fully saturated rings. The zero-order valence-electron chi connectivity index (χ0n) is 8.90. The lowest BCUT2D eigenvalue weighted by molar-refractivity contribution is 0.0539. The molecule has 0 saturated heterocycles. The van der Waals surface area contributed by atoms with Gasteiger partial charge in [0.15, 0.2) is 0 Å². The fourth-order valence-corrected chi connectivity index (χ4v) is 1.02. The van der Waals surface area contributed by atoms with Crippen LogP contribution in [0.15, 0.2) is 36.4 Å². The summed E-state index contributed by atoms with van der Waals surface area (Å²) in [5, 5.41) is 8.66. The first-order valence-corrected chi connectivity index (χ1v) is 4.65. The van der Waals surface area contributed by atoms with Crippen molar-refractivity contribution in [2.45, 2.75) is 6.92 Å². The third-order valence-corrected chi connectivity index (χ3v) is 1.82. The van der Waals surface area contributed by atoms with Crippen molar-refractivity contribution in [3.8, 4) is 0 Å². The minimum Gasteiger partial charge on any atom is -0.478 e. The van der Waals surface area contributed by atoms with Gasteiger partial charge in [-0.05, 0) is 36.8 Å². The monoisotopic (exact) mass is 220 g/mol. The maximum absolute atomic E-state index is 11.4. The molecule has 0 radical (unpaired) electrons. The van der Waals surface area contributed by atoms with Gasteiger partial charge in [0, 0.05) is 0 Å². The van der Waals surface area contributed by atoms with Gasteiger partial charge in [0.25, 0.3) is 0 Å². The van der Waals surface area contributed by atoms with Crippen molar-refractivity contribution >= 4 is 11.9 Å². The molecule has 0 aliphatic heterocycles. The van der Waals surface area contributed by atoms with E-state index in [9.17, 15) is 9.59 Å². The summed E-state index contributed by atoms with van der Waals surface area (Å²) >= 11 is 0. The predicted octanol–water partition coefficient (Wildman–Crippen LogP) is 2.12. The van der Waals surface area contributed by atoms with E-state index in [1.807, 2.05) is 0 Å².